The van der Waals surface area contributed by atoms with E-state index in [9.17, 15) is 9.18 Å². The molecule has 0 bridgehead atoms. The maximum absolute atomic E-state index is 13.2. The second-order valence-corrected chi connectivity index (χ2v) is 6.59. The van der Waals surface area contributed by atoms with Gasteiger partial charge in [0.1, 0.15) is 12.1 Å². The second-order valence-electron chi connectivity index (χ2n) is 6.59. The van der Waals surface area contributed by atoms with Gasteiger partial charge in [-0.2, -0.15) is 0 Å². The monoisotopic (exact) mass is 351 g/mol. The highest BCUT2D eigenvalue weighted by Gasteiger charge is 2.39. The molecule has 1 fully saturated rings. The first-order chi connectivity index (χ1) is 12.6. The van der Waals surface area contributed by atoms with E-state index in [1.807, 2.05) is 24.3 Å². The largest absolute Gasteiger partial charge is 0.346 e. The highest BCUT2D eigenvalue weighted by atomic mass is 19.1. The molecule has 0 aliphatic heterocycles. The van der Waals surface area contributed by atoms with Crippen molar-refractivity contribution in [2.75, 3.05) is 0 Å². The Balaban J connectivity index is 1.44. The third-order valence-electron chi connectivity index (χ3n) is 4.90. The fourth-order valence-electron chi connectivity index (χ4n) is 3.33. The van der Waals surface area contributed by atoms with Crippen LogP contribution >= 0.6 is 0 Å². The van der Waals surface area contributed by atoms with Crippen LogP contribution in [0.15, 0.2) is 54.9 Å². The molecule has 1 heterocycles. The number of rotatable bonds is 5. The van der Waals surface area contributed by atoms with Crippen molar-refractivity contribution < 1.29 is 9.18 Å². The molecule has 0 unspecified atom stereocenters. The zero-order valence-corrected chi connectivity index (χ0v) is 14.1. The number of hydrogen-bond donors (Lipinski definition) is 1. The fraction of sp³-hybridized carbons (Fsp3) is 0.263. The van der Waals surface area contributed by atoms with Crippen molar-refractivity contribution in [2.45, 2.75) is 31.2 Å². The molecule has 1 saturated carbocycles. The van der Waals surface area contributed by atoms with Crippen LogP contribution in [-0.2, 0) is 16.8 Å². The molecule has 3 aromatic rings. The molecule has 0 spiro atoms. The summed E-state index contributed by atoms with van der Waals surface area (Å²) in [6.07, 6.45) is 4.62. The first-order valence-corrected chi connectivity index (χ1v) is 8.54. The number of aromatic nitrogens is 4. The summed E-state index contributed by atoms with van der Waals surface area (Å²) in [6, 6.07) is 13.9. The first kappa shape index (κ1) is 16.4. The number of nitrogens with one attached hydrogen (secondary N) is 1. The van der Waals surface area contributed by atoms with Gasteiger partial charge in [0.15, 0.2) is 0 Å². The van der Waals surface area contributed by atoms with Crippen LogP contribution in [0.1, 0.15) is 30.4 Å². The topological polar surface area (TPSA) is 72.7 Å². The molecule has 1 aromatic heterocycles. The molecular weight excluding hydrogens is 333 g/mol. The summed E-state index contributed by atoms with van der Waals surface area (Å²) in [4.78, 5) is 12.6. The van der Waals surface area contributed by atoms with Gasteiger partial charge in [0, 0.05) is 0 Å². The van der Waals surface area contributed by atoms with E-state index in [0.29, 0.717) is 6.42 Å². The van der Waals surface area contributed by atoms with Crippen molar-refractivity contribution in [3.05, 3.63) is 71.8 Å². The van der Waals surface area contributed by atoms with Crippen LogP contribution in [0.25, 0.3) is 5.69 Å². The van der Waals surface area contributed by atoms with Crippen LogP contribution in [0.2, 0.25) is 0 Å². The maximum atomic E-state index is 13.2. The second kappa shape index (κ2) is 6.67. The van der Waals surface area contributed by atoms with Gasteiger partial charge < -0.3 is 5.32 Å². The van der Waals surface area contributed by atoms with Crippen molar-refractivity contribution in [1.29, 1.82) is 0 Å². The van der Waals surface area contributed by atoms with Crippen LogP contribution in [0.3, 0.4) is 0 Å². The quantitative estimate of drug-likeness (QED) is 0.767. The minimum Gasteiger partial charge on any atom is -0.346 e. The SMILES string of the molecule is O=C(Cc1ccc(-n2cnnn2)cc1)NC1(c2ccc(F)cc2)CCC1. The average Bonchev–Trinajstić information content (AvgIpc) is 3.14. The average molecular weight is 351 g/mol. The highest BCUT2D eigenvalue weighted by molar-refractivity contribution is 5.79. The molecule has 0 radical (unpaired) electrons. The third-order valence-corrected chi connectivity index (χ3v) is 4.90. The number of tetrazole rings is 1. The molecule has 1 N–H and O–H groups in total. The number of nitrogens with zero attached hydrogens (tertiary/aromatic N) is 4. The molecule has 7 heteroatoms. The molecule has 0 atom stereocenters. The number of hydrogen-bond acceptors (Lipinski definition) is 4. The zero-order valence-electron chi connectivity index (χ0n) is 14.1. The Morgan fingerprint density at radius 3 is 2.42 bits per heavy atom. The van der Waals surface area contributed by atoms with E-state index in [0.717, 1.165) is 36.1 Å². The van der Waals surface area contributed by atoms with E-state index >= 15 is 0 Å². The maximum Gasteiger partial charge on any atom is 0.225 e. The van der Waals surface area contributed by atoms with Gasteiger partial charge in [0.05, 0.1) is 17.6 Å². The van der Waals surface area contributed by atoms with E-state index in [1.165, 1.54) is 18.5 Å². The summed E-state index contributed by atoms with van der Waals surface area (Å²) >= 11 is 0. The van der Waals surface area contributed by atoms with Crippen LogP contribution in [0.4, 0.5) is 4.39 Å². The Kier molecular flexibility index (Phi) is 4.20. The highest BCUT2D eigenvalue weighted by Crippen LogP contribution is 2.41. The van der Waals surface area contributed by atoms with Crippen molar-refractivity contribution >= 4 is 5.91 Å². The van der Waals surface area contributed by atoms with E-state index in [2.05, 4.69) is 20.8 Å². The van der Waals surface area contributed by atoms with Crippen LogP contribution in [0, 0.1) is 5.82 Å². The lowest BCUT2D eigenvalue weighted by Crippen LogP contribution is -2.51. The molecule has 132 valence electrons. The third kappa shape index (κ3) is 3.20. The van der Waals surface area contributed by atoms with E-state index in [-0.39, 0.29) is 17.3 Å². The Hall–Kier alpha value is -3.09. The number of carbonyl (C=O) groups is 1. The normalized spacial score (nSPS) is 15.3. The molecule has 26 heavy (non-hydrogen) atoms. The van der Waals surface area contributed by atoms with Gasteiger partial charge in [-0.3, -0.25) is 4.79 Å². The van der Waals surface area contributed by atoms with E-state index < -0.39 is 0 Å². The van der Waals surface area contributed by atoms with Gasteiger partial charge in [-0.25, -0.2) is 9.07 Å². The smallest absolute Gasteiger partial charge is 0.225 e. The summed E-state index contributed by atoms with van der Waals surface area (Å²) < 4.78 is 14.7. The van der Waals surface area contributed by atoms with Crippen molar-refractivity contribution in [3.63, 3.8) is 0 Å². The number of benzene rings is 2. The minimum absolute atomic E-state index is 0.0378. The Labute approximate surface area is 150 Å². The molecule has 4 rings (SSSR count). The van der Waals surface area contributed by atoms with Gasteiger partial charge in [-0.1, -0.05) is 24.3 Å². The number of halogens is 1. The molecule has 1 aliphatic carbocycles. The van der Waals surface area contributed by atoms with Gasteiger partial charge >= 0.3 is 0 Å². The summed E-state index contributed by atoms with van der Waals surface area (Å²) in [5.74, 6) is -0.304. The Morgan fingerprint density at radius 2 is 1.85 bits per heavy atom. The van der Waals surface area contributed by atoms with Crippen molar-refractivity contribution in [3.8, 4) is 5.69 Å². The fourth-order valence-corrected chi connectivity index (χ4v) is 3.33. The molecule has 0 saturated heterocycles. The van der Waals surface area contributed by atoms with Gasteiger partial charge in [0.25, 0.3) is 0 Å². The Morgan fingerprint density at radius 1 is 1.12 bits per heavy atom. The predicted molar refractivity (Wildman–Crippen MR) is 92.9 cm³/mol. The van der Waals surface area contributed by atoms with E-state index in [1.54, 1.807) is 16.8 Å². The lowest BCUT2D eigenvalue weighted by molar-refractivity contribution is -0.123. The molecule has 1 amide bonds. The van der Waals surface area contributed by atoms with Crippen molar-refractivity contribution in [2.24, 2.45) is 0 Å². The molecular formula is C19H18FN5O. The minimum atomic E-state index is -0.364. The van der Waals surface area contributed by atoms with Crippen LogP contribution in [0.5, 0.6) is 0 Å². The van der Waals surface area contributed by atoms with Gasteiger partial charge in [-0.15, -0.1) is 5.10 Å². The summed E-state index contributed by atoms with van der Waals surface area (Å²) in [5, 5.41) is 14.2. The summed E-state index contributed by atoms with van der Waals surface area (Å²) in [6.45, 7) is 0. The van der Waals surface area contributed by atoms with E-state index in [4.69, 9.17) is 0 Å². The van der Waals surface area contributed by atoms with Gasteiger partial charge in [0.2, 0.25) is 5.91 Å². The van der Waals surface area contributed by atoms with Gasteiger partial charge in [-0.05, 0) is 65.1 Å². The predicted octanol–water partition coefficient (Wildman–Crippen LogP) is 2.54. The summed E-state index contributed by atoms with van der Waals surface area (Å²) in [5.41, 5.74) is 2.35. The first-order valence-electron chi connectivity index (χ1n) is 8.54. The molecule has 1 aliphatic rings. The lowest BCUT2D eigenvalue weighted by atomic mass is 9.71. The summed E-state index contributed by atoms with van der Waals surface area (Å²) in [7, 11) is 0. The van der Waals surface area contributed by atoms with Crippen LogP contribution < -0.4 is 5.32 Å². The number of amides is 1. The zero-order chi connectivity index (χ0) is 18.0. The Bertz CT molecular complexity index is 887. The standard InChI is InChI=1S/C19H18FN5O/c20-16-6-4-15(5-7-16)19(10-1-11-19)22-18(26)12-14-2-8-17(9-3-14)25-13-21-23-24-25/h2-9,13H,1,10-12H2,(H,22,26). The van der Waals surface area contributed by atoms with Crippen LogP contribution in [-0.4, -0.2) is 26.1 Å². The number of carbonyl (C=O) groups excluding carboxylic acids is 1. The molecule has 6 nitrogen and oxygen atoms in total. The lowest BCUT2D eigenvalue weighted by Gasteiger charge is -2.43. The van der Waals surface area contributed by atoms with Crippen molar-refractivity contribution in [1.82, 2.24) is 25.5 Å². The molecule has 2 aromatic carbocycles.